The average molecular weight is 557 g/mol. The van der Waals surface area contributed by atoms with Gasteiger partial charge in [-0.1, -0.05) is 50.3 Å². The standard InChI is InChI=1S/C29H48N8O3/c30-15-9-1-2-10-16-32-27-35-28(37-29(36-27)34-23-24-11-5-3-6-12-24)33-18-20-40-22-21-39-19-17-31-26(38)25-13-7-4-8-14-25/h4,7-8,13-14,24H,1-3,5-6,9-12,15-23,30H2,(H,31,38)(H3,32,33,34,35,36,37). The van der Waals surface area contributed by atoms with Gasteiger partial charge in [0.25, 0.3) is 5.91 Å². The number of hydrogen-bond donors (Lipinski definition) is 5. The van der Waals surface area contributed by atoms with E-state index >= 15 is 0 Å². The number of rotatable bonds is 21. The Bertz CT molecular complexity index is 944. The van der Waals surface area contributed by atoms with Gasteiger partial charge in [0.15, 0.2) is 0 Å². The molecular formula is C29H48N8O3. The normalized spacial score (nSPS) is 13.6. The van der Waals surface area contributed by atoms with Gasteiger partial charge >= 0.3 is 0 Å². The summed E-state index contributed by atoms with van der Waals surface area (Å²) in [5, 5.41) is 12.9. The van der Waals surface area contributed by atoms with Crippen molar-refractivity contribution in [2.75, 3.05) is 75.1 Å². The summed E-state index contributed by atoms with van der Waals surface area (Å²) in [5.74, 6) is 2.29. The van der Waals surface area contributed by atoms with Crippen LogP contribution in [0.1, 0.15) is 68.1 Å². The average Bonchev–Trinajstić information content (AvgIpc) is 2.99. The largest absolute Gasteiger partial charge is 0.377 e. The highest BCUT2D eigenvalue weighted by Gasteiger charge is 2.14. The van der Waals surface area contributed by atoms with Crippen LogP contribution in [0.25, 0.3) is 0 Å². The lowest BCUT2D eigenvalue weighted by Gasteiger charge is -2.21. The van der Waals surface area contributed by atoms with Crippen molar-refractivity contribution in [2.24, 2.45) is 11.7 Å². The highest BCUT2D eigenvalue weighted by Crippen LogP contribution is 2.23. The first-order valence-corrected chi connectivity index (χ1v) is 14.9. The van der Waals surface area contributed by atoms with Crippen LogP contribution >= 0.6 is 0 Å². The molecule has 3 rings (SSSR count). The van der Waals surface area contributed by atoms with Crippen LogP contribution in [-0.4, -0.2) is 80.0 Å². The van der Waals surface area contributed by atoms with Gasteiger partial charge in [-0.2, -0.15) is 15.0 Å². The van der Waals surface area contributed by atoms with Crippen molar-refractivity contribution >= 4 is 23.8 Å². The summed E-state index contributed by atoms with van der Waals surface area (Å²) in [4.78, 5) is 25.7. The molecule has 11 heteroatoms. The molecule has 1 heterocycles. The Kier molecular flexibility index (Phi) is 15.7. The molecule has 1 saturated carbocycles. The molecule has 0 radical (unpaired) electrons. The van der Waals surface area contributed by atoms with Crippen molar-refractivity contribution in [1.29, 1.82) is 0 Å². The van der Waals surface area contributed by atoms with Gasteiger partial charge in [-0.05, 0) is 50.3 Å². The molecule has 1 aromatic carbocycles. The molecular weight excluding hydrogens is 508 g/mol. The number of amides is 1. The zero-order valence-electron chi connectivity index (χ0n) is 23.8. The first kappa shape index (κ1) is 31.5. The van der Waals surface area contributed by atoms with Gasteiger partial charge in [0, 0.05) is 31.7 Å². The van der Waals surface area contributed by atoms with E-state index in [0.29, 0.717) is 68.8 Å². The molecule has 0 unspecified atom stereocenters. The Morgan fingerprint density at radius 1 is 0.750 bits per heavy atom. The Morgan fingerprint density at radius 3 is 2.08 bits per heavy atom. The Labute approximate surface area is 238 Å². The maximum absolute atomic E-state index is 12.0. The molecule has 0 aliphatic heterocycles. The monoisotopic (exact) mass is 556 g/mol. The predicted molar refractivity (Wildman–Crippen MR) is 160 cm³/mol. The quantitative estimate of drug-likeness (QED) is 0.144. The van der Waals surface area contributed by atoms with Crippen LogP contribution in [0.2, 0.25) is 0 Å². The lowest BCUT2D eigenvalue weighted by Crippen LogP contribution is -2.27. The van der Waals surface area contributed by atoms with E-state index in [-0.39, 0.29) is 5.91 Å². The highest BCUT2D eigenvalue weighted by molar-refractivity contribution is 5.94. The fraction of sp³-hybridized carbons (Fsp3) is 0.655. The van der Waals surface area contributed by atoms with E-state index in [0.717, 1.165) is 45.3 Å². The zero-order valence-corrected chi connectivity index (χ0v) is 23.8. The number of anilines is 3. The summed E-state index contributed by atoms with van der Waals surface area (Å²) in [6.45, 7) is 5.33. The molecule has 0 saturated heterocycles. The van der Waals surface area contributed by atoms with E-state index in [9.17, 15) is 4.79 Å². The van der Waals surface area contributed by atoms with E-state index in [4.69, 9.17) is 15.2 Å². The van der Waals surface area contributed by atoms with Gasteiger partial charge in [0.05, 0.1) is 26.4 Å². The van der Waals surface area contributed by atoms with Crippen LogP contribution in [-0.2, 0) is 9.47 Å². The third-order valence-corrected chi connectivity index (χ3v) is 6.79. The summed E-state index contributed by atoms with van der Waals surface area (Å²) in [5.41, 5.74) is 6.23. The molecule has 0 bridgehead atoms. The summed E-state index contributed by atoms with van der Waals surface area (Å²) >= 11 is 0. The van der Waals surface area contributed by atoms with Crippen molar-refractivity contribution in [3.63, 3.8) is 0 Å². The number of nitrogens with one attached hydrogen (secondary N) is 4. The van der Waals surface area contributed by atoms with Crippen LogP contribution in [0.3, 0.4) is 0 Å². The minimum Gasteiger partial charge on any atom is -0.377 e. The number of benzene rings is 1. The lowest BCUT2D eigenvalue weighted by molar-refractivity contribution is 0.0519. The molecule has 0 atom stereocenters. The third-order valence-electron chi connectivity index (χ3n) is 6.79. The van der Waals surface area contributed by atoms with Crippen LogP contribution in [0.15, 0.2) is 30.3 Å². The van der Waals surface area contributed by atoms with Gasteiger partial charge in [-0.3, -0.25) is 4.79 Å². The lowest BCUT2D eigenvalue weighted by atomic mass is 9.89. The Hall–Kier alpha value is -3.02. The summed E-state index contributed by atoms with van der Waals surface area (Å²) in [6, 6.07) is 9.14. The number of carbonyl (C=O) groups excluding carboxylic acids is 1. The third kappa shape index (κ3) is 13.4. The number of nitrogens with two attached hydrogens (primary N) is 1. The molecule has 222 valence electrons. The second-order valence-corrected chi connectivity index (χ2v) is 10.1. The van der Waals surface area contributed by atoms with Crippen LogP contribution in [0.5, 0.6) is 0 Å². The van der Waals surface area contributed by atoms with Crippen molar-refractivity contribution in [3.05, 3.63) is 35.9 Å². The minimum atomic E-state index is -0.0990. The van der Waals surface area contributed by atoms with Gasteiger partial charge in [-0.15, -0.1) is 0 Å². The topological polar surface area (TPSA) is 148 Å². The van der Waals surface area contributed by atoms with Crippen LogP contribution in [0, 0.1) is 5.92 Å². The van der Waals surface area contributed by atoms with E-state index in [1.54, 1.807) is 12.1 Å². The van der Waals surface area contributed by atoms with Crippen molar-refractivity contribution in [1.82, 2.24) is 20.3 Å². The maximum Gasteiger partial charge on any atom is 0.251 e. The molecule has 1 amide bonds. The first-order valence-electron chi connectivity index (χ1n) is 14.9. The molecule has 6 N–H and O–H groups in total. The number of aromatic nitrogens is 3. The smallest absolute Gasteiger partial charge is 0.251 e. The zero-order chi connectivity index (χ0) is 28.1. The molecule has 1 fully saturated rings. The van der Waals surface area contributed by atoms with Crippen molar-refractivity contribution in [3.8, 4) is 0 Å². The van der Waals surface area contributed by atoms with E-state index in [1.807, 2.05) is 18.2 Å². The number of unbranched alkanes of at least 4 members (excludes halogenated alkanes) is 3. The van der Waals surface area contributed by atoms with Crippen molar-refractivity contribution in [2.45, 2.75) is 57.8 Å². The fourth-order valence-electron chi connectivity index (χ4n) is 4.55. The Balaban J connectivity index is 1.31. The van der Waals surface area contributed by atoms with Gasteiger partial charge in [0.2, 0.25) is 17.8 Å². The first-order chi connectivity index (χ1) is 19.7. The van der Waals surface area contributed by atoms with Crippen LogP contribution in [0.4, 0.5) is 17.8 Å². The number of carbonyl (C=O) groups is 1. The summed E-state index contributed by atoms with van der Waals surface area (Å²) in [6.07, 6.45) is 10.9. The molecule has 11 nitrogen and oxygen atoms in total. The molecule has 1 aliphatic carbocycles. The second-order valence-electron chi connectivity index (χ2n) is 10.1. The number of ether oxygens (including phenoxy) is 2. The van der Waals surface area contributed by atoms with Crippen molar-refractivity contribution < 1.29 is 14.3 Å². The molecule has 1 aliphatic rings. The van der Waals surface area contributed by atoms with Gasteiger partial charge < -0.3 is 36.5 Å². The van der Waals surface area contributed by atoms with Crippen LogP contribution < -0.4 is 27.0 Å². The minimum absolute atomic E-state index is 0.0990. The molecule has 1 aromatic heterocycles. The number of nitrogens with zero attached hydrogens (tertiary/aromatic N) is 3. The molecule has 0 spiro atoms. The second kappa shape index (κ2) is 19.9. The van der Waals surface area contributed by atoms with E-state index < -0.39 is 0 Å². The summed E-state index contributed by atoms with van der Waals surface area (Å²) < 4.78 is 11.2. The fourth-order valence-corrected chi connectivity index (χ4v) is 4.55. The molecule has 2 aromatic rings. The highest BCUT2D eigenvalue weighted by atomic mass is 16.5. The molecule has 40 heavy (non-hydrogen) atoms. The maximum atomic E-state index is 12.0. The van der Waals surface area contributed by atoms with E-state index in [1.165, 1.54) is 32.1 Å². The van der Waals surface area contributed by atoms with E-state index in [2.05, 4.69) is 36.2 Å². The Morgan fingerprint density at radius 2 is 1.38 bits per heavy atom. The summed E-state index contributed by atoms with van der Waals surface area (Å²) in [7, 11) is 0. The number of hydrogen-bond acceptors (Lipinski definition) is 10. The van der Waals surface area contributed by atoms with Gasteiger partial charge in [-0.25, -0.2) is 0 Å². The van der Waals surface area contributed by atoms with Gasteiger partial charge in [0.1, 0.15) is 0 Å². The SMILES string of the molecule is NCCCCCCNc1nc(NCCOCCOCCNC(=O)c2ccccc2)nc(NCC2CCCCC2)n1. The predicted octanol–water partition coefficient (Wildman–Crippen LogP) is 3.67.